The maximum absolute atomic E-state index is 12.2. The monoisotopic (exact) mass is 443 g/mol. The van der Waals surface area contributed by atoms with Crippen LogP contribution in [0, 0.1) is 10.1 Å². The lowest BCUT2D eigenvalue weighted by molar-refractivity contribution is -0.384. The molecule has 1 N–H and O–H groups in total. The number of nitro groups is 1. The molecule has 4 aromatic rings. The smallest absolute Gasteiger partial charge is 0.282 e. The van der Waals surface area contributed by atoms with E-state index in [-0.39, 0.29) is 34.0 Å². The summed E-state index contributed by atoms with van der Waals surface area (Å²) < 4.78 is 11.5. The van der Waals surface area contributed by atoms with Crippen LogP contribution in [0.15, 0.2) is 52.1 Å². The molecule has 0 unspecified atom stereocenters. The van der Waals surface area contributed by atoms with Crippen molar-refractivity contribution in [1.29, 1.82) is 0 Å². The lowest BCUT2D eigenvalue weighted by atomic mass is 10.2. The number of carbonyl (C=O) groups excluding carboxylic acids is 1. The van der Waals surface area contributed by atoms with E-state index in [1.54, 1.807) is 25.3 Å². The molecule has 2 aromatic heterocycles. The Bertz CT molecular complexity index is 1240. The molecule has 1 amide bonds. The van der Waals surface area contributed by atoms with Gasteiger partial charge in [0.05, 0.1) is 28.0 Å². The van der Waals surface area contributed by atoms with Gasteiger partial charge in [-0.3, -0.25) is 14.9 Å². The van der Waals surface area contributed by atoms with Crippen molar-refractivity contribution in [2.45, 2.75) is 5.22 Å². The van der Waals surface area contributed by atoms with Gasteiger partial charge in [0.15, 0.2) is 5.13 Å². The molecule has 0 aliphatic heterocycles. The van der Waals surface area contributed by atoms with Gasteiger partial charge in [-0.1, -0.05) is 35.2 Å². The summed E-state index contributed by atoms with van der Waals surface area (Å²) in [6.45, 7) is 0. The van der Waals surface area contributed by atoms with Crippen LogP contribution < -0.4 is 10.1 Å². The van der Waals surface area contributed by atoms with Crippen molar-refractivity contribution in [3.63, 3.8) is 0 Å². The second kappa shape index (κ2) is 8.47. The number of nitrogens with zero attached hydrogens (tertiary/aromatic N) is 4. The molecule has 10 nitrogen and oxygen atoms in total. The van der Waals surface area contributed by atoms with Gasteiger partial charge in [0.2, 0.25) is 5.91 Å². The van der Waals surface area contributed by atoms with E-state index in [1.165, 1.54) is 23.5 Å². The number of anilines is 1. The van der Waals surface area contributed by atoms with E-state index in [0.29, 0.717) is 10.9 Å². The van der Waals surface area contributed by atoms with Crippen LogP contribution in [-0.4, -0.2) is 38.9 Å². The van der Waals surface area contributed by atoms with Gasteiger partial charge in [0, 0.05) is 6.07 Å². The molecule has 4 rings (SSSR count). The Kier molecular flexibility index (Phi) is 5.59. The number of rotatable bonds is 7. The normalized spacial score (nSPS) is 10.8. The number of nitrogens with one attached hydrogen (secondary N) is 1. The molecule has 0 aliphatic rings. The number of ether oxygens (including phenoxy) is 1. The molecular weight excluding hydrogens is 430 g/mol. The summed E-state index contributed by atoms with van der Waals surface area (Å²) in [6, 6.07) is 11.5. The fourth-order valence-corrected chi connectivity index (χ4v) is 4.03. The average Bonchev–Trinajstić information content (AvgIpc) is 3.38. The third kappa shape index (κ3) is 4.23. The van der Waals surface area contributed by atoms with Crippen LogP contribution in [-0.2, 0) is 4.79 Å². The van der Waals surface area contributed by atoms with Crippen LogP contribution in [0.5, 0.6) is 5.75 Å². The van der Waals surface area contributed by atoms with Gasteiger partial charge in [0.1, 0.15) is 11.3 Å². The van der Waals surface area contributed by atoms with Crippen LogP contribution in [0.25, 0.3) is 21.7 Å². The second-order valence-corrected chi connectivity index (χ2v) is 7.79. The Morgan fingerprint density at radius 1 is 1.30 bits per heavy atom. The van der Waals surface area contributed by atoms with Gasteiger partial charge in [-0.05, 0) is 24.3 Å². The van der Waals surface area contributed by atoms with Crippen molar-refractivity contribution < 1.29 is 18.9 Å². The summed E-state index contributed by atoms with van der Waals surface area (Å²) in [5.74, 6) is 0.449. The Morgan fingerprint density at radius 2 is 2.13 bits per heavy atom. The Labute approximate surface area is 177 Å². The summed E-state index contributed by atoms with van der Waals surface area (Å²) >= 11 is 2.36. The van der Waals surface area contributed by atoms with Crippen LogP contribution >= 0.6 is 23.1 Å². The minimum absolute atomic E-state index is 0.0117. The number of benzene rings is 2. The number of carbonyl (C=O) groups is 1. The Hall–Kier alpha value is -3.51. The van der Waals surface area contributed by atoms with E-state index in [1.807, 2.05) is 12.1 Å². The Balaban J connectivity index is 1.40. The number of thiazole rings is 1. The van der Waals surface area contributed by atoms with E-state index in [2.05, 4.69) is 20.5 Å². The molecule has 0 saturated carbocycles. The van der Waals surface area contributed by atoms with Crippen molar-refractivity contribution >= 4 is 50.0 Å². The number of hydrogen-bond acceptors (Lipinski definition) is 10. The van der Waals surface area contributed by atoms with Crippen molar-refractivity contribution in [2.24, 2.45) is 0 Å². The number of hydrogen-bond donors (Lipinski definition) is 1. The highest BCUT2D eigenvalue weighted by atomic mass is 32.2. The summed E-state index contributed by atoms with van der Waals surface area (Å²) in [5.41, 5.74) is 0.842. The summed E-state index contributed by atoms with van der Waals surface area (Å²) in [6.07, 6.45) is 0. The molecule has 0 atom stereocenters. The van der Waals surface area contributed by atoms with Crippen molar-refractivity contribution in [3.8, 4) is 17.2 Å². The standard InChI is InChI=1S/C18H13N5O5S2/c1-27-10-6-7-12-14(8-10)30-17(19-12)20-15(24)9-29-18-22-21-16(28-18)11-4-2-3-5-13(11)23(25)26/h2-8H,9H2,1H3,(H,19,20,24). The van der Waals surface area contributed by atoms with Gasteiger partial charge >= 0.3 is 0 Å². The highest BCUT2D eigenvalue weighted by Crippen LogP contribution is 2.31. The molecule has 152 valence electrons. The molecule has 0 bridgehead atoms. The highest BCUT2D eigenvalue weighted by molar-refractivity contribution is 7.99. The highest BCUT2D eigenvalue weighted by Gasteiger charge is 2.20. The molecular formula is C18H13N5O5S2. The second-order valence-electron chi connectivity index (χ2n) is 5.84. The van der Waals surface area contributed by atoms with Crippen molar-refractivity contribution in [1.82, 2.24) is 15.2 Å². The van der Waals surface area contributed by atoms with Crippen molar-refractivity contribution in [3.05, 3.63) is 52.6 Å². The van der Waals surface area contributed by atoms with E-state index < -0.39 is 4.92 Å². The summed E-state index contributed by atoms with van der Waals surface area (Å²) in [4.78, 5) is 27.2. The molecule has 2 heterocycles. The molecule has 0 spiro atoms. The minimum Gasteiger partial charge on any atom is -0.497 e. The van der Waals surface area contributed by atoms with Crippen LogP contribution in [0.3, 0.4) is 0 Å². The zero-order chi connectivity index (χ0) is 21.1. The predicted octanol–water partition coefficient (Wildman–Crippen LogP) is 3.99. The third-order valence-corrected chi connectivity index (χ3v) is 5.66. The lowest BCUT2D eigenvalue weighted by Crippen LogP contribution is -2.13. The zero-order valence-corrected chi connectivity index (χ0v) is 17.0. The first-order valence-electron chi connectivity index (χ1n) is 8.48. The van der Waals surface area contributed by atoms with E-state index in [4.69, 9.17) is 9.15 Å². The summed E-state index contributed by atoms with van der Waals surface area (Å²) in [5, 5.41) is 22.1. The zero-order valence-electron chi connectivity index (χ0n) is 15.4. The van der Waals surface area contributed by atoms with E-state index in [0.717, 1.165) is 22.0 Å². The number of amides is 1. The minimum atomic E-state index is -0.520. The van der Waals surface area contributed by atoms with E-state index in [9.17, 15) is 14.9 Å². The molecule has 0 saturated heterocycles. The maximum Gasteiger partial charge on any atom is 0.282 e. The number of methoxy groups -OCH3 is 1. The topological polar surface area (TPSA) is 133 Å². The quantitative estimate of drug-likeness (QED) is 0.255. The fraction of sp³-hybridized carbons (Fsp3) is 0.111. The number of fused-ring (bicyclic) bond motifs is 1. The van der Waals surface area contributed by atoms with Gasteiger partial charge in [-0.15, -0.1) is 10.2 Å². The summed E-state index contributed by atoms with van der Waals surface area (Å²) in [7, 11) is 1.58. The molecule has 0 radical (unpaired) electrons. The van der Waals surface area contributed by atoms with Crippen LogP contribution in [0.4, 0.5) is 10.8 Å². The fourth-order valence-electron chi connectivity index (χ4n) is 2.56. The maximum atomic E-state index is 12.2. The number of nitro benzene ring substituents is 1. The van der Waals surface area contributed by atoms with Gasteiger partial charge in [-0.25, -0.2) is 4.98 Å². The van der Waals surface area contributed by atoms with Crippen LogP contribution in [0.1, 0.15) is 0 Å². The van der Waals surface area contributed by atoms with E-state index >= 15 is 0 Å². The van der Waals surface area contributed by atoms with Gasteiger partial charge in [0.25, 0.3) is 16.8 Å². The number of thioether (sulfide) groups is 1. The van der Waals surface area contributed by atoms with Crippen LogP contribution in [0.2, 0.25) is 0 Å². The molecule has 12 heteroatoms. The molecule has 0 fully saturated rings. The van der Waals surface area contributed by atoms with Crippen molar-refractivity contribution in [2.75, 3.05) is 18.2 Å². The average molecular weight is 443 g/mol. The first kappa shape index (κ1) is 19.8. The van der Waals surface area contributed by atoms with Gasteiger partial charge < -0.3 is 14.5 Å². The van der Waals surface area contributed by atoms with Gasteiger partial charge in [-0.2, -0.15) is 0 Å². The number of aromatic nitrogens is 3. The first-order chi connectivity index (χ1) is 14.5. The predicted molar refractivity (Wildman–Crippen MR) is 112 cm³/mol. The third-order valence-electron chi connectivity index (χ3n) is 3.91. The largest absolute Gasteiger partial charge is 0.497 e. The molecule has 30 heavy (non-hydrogen) atoms. The SMILES string of the molecule is COc1ccc2nc(NC(=O)CSc3nnc(-c4ccccc4[N+](=O)[O-])o3)sc2c1. The Morgan fingerprint density at radius 3 is 2.93 bits per heavy atom. The first-order valence-corrected chi connectivity index (χ1v) is 10.3. The lowest BCUT2D eigenvalue weighted by Gasteiger charge is -1.99. The molecule has 0 aliphatic carbocycles. The number of para-hydroxylation sites is 1. The molecule has 2 aromatic carbocycles.